The van der Waals surface area contributed by atoms with Gasteiger partial charge in [0.1, 0.15) is 11.6 Å². The molecule has 22 heavy (non-hydrogen) atoms. The van der Waals surface area contributed by atoms with Crippen LogP contribution in [-0.2, 0) is 12.8 Å². The summed E-state index contributed by atoms with van der Waals surface area (Å²) in [7, 11) is 1.88. The molecule has 0 saturated carbocycles. The second-order valence-corrected chi connectivity index (χ2v) is 5.08. The van der Waals surface area contributed by atoms with Crippen molar-refractivity contribution in [2.45, 2.75) is 25.8 Å². The summed E-state index contributed by atoms with van der Waals surface area (Å²) in [6, 6.07) is 4.28. The maximum absolute atomic E-state index is 12.9. The molecule has 0 spiro atoms. The largest absolute Gasteiger partial charge is 0.491 e. The predicted octanol–water partition coefficient (Wildman–Crippen LogP) is 3.06. The van der Waals surface area contributed by atoms with E-state index in [1.807, 2.05) is 14.0 Å². The Morgan fingerprint density at radius 2 is 2.23 bits per heavy atom. The molecule has 1 atom stereocenters. The summed E-state index contributed by atoms with van der Waals surface area (Å²) in [6.07, 6.45) is 1.17. The zero-order chi connectivity index (χ0) is 15.2. The van der Waals surface area contributed by atoms with E-state index < -0.39 is 5.82 Å². The molecular weight excluding hydrogens is 332 g/mol. The van der Waals surface area contributed by atoms with Crippen LogP contribution in [0.1, 0.15) is 18.6 Å². The lowest BCUT2D eigenvalue weighted by Gasteiger charge is -2.06. The molecule has 1 N–H and O–H groups in total. The number of nitrogens with one attached hydrogen (secondary N) is 1. The van der Waals surface area contributed by atoms with Crippen LogP contribution < -0.4 is 10.1 Å². The number of aromatic nitrogens is 2. The first kappa shape index (κ1) is 18.7. The Morgan fingerprint density at radius 1 is 1.45 bits per heavy atom. The van der Waals surface area contributed by atoms with Gasteiger partial charge < -0.3 is 14.6 Å². The Kier molecular flexibility index (Phi) is 7.58. The molecule has 0 radical (unpaired) electrons. The molecule has 0 aliphatic rings. The first-order valence-corrected chi connectivity index (χ1v) is 7.03. The number of likely N-dealkylation sites (N-methyl/N-ethyl adjacent to an activating group) is 1. The van der Waals surface area contributed by atoms with E-state index in [4.69, 9.17) is 20.9 Å². The molecule has 1 heterocycles. The first-order chi connectivity index (χ1) is 10.1. The zero-order valence-electron chi connectivity index (χ0n) is 12.3. The Labute approximate surface area is 139 Å². The molecule has 1 unspecified atom stereocenters. The summed E-state index contributed by atoms with van der Waals surface area (Å²) in [6.45, 7) is 2.37. The van der Waals surface area contributed by atoms with E-state index in [-0.39, 0.29) is 23.5 Å². The standard InChI is InChI=1S/C14H17ClFN3O2.ClH/c1-9(17-2)7-13-18-14(21-19-13)5-6-20-12-4-3-10(16)8-11(12)15;/h3-4,8-9,17H,5-7H2,1-2H3;1H. The molecule has 1 aromatic carbocycles. The van der Waals surface area contributed by atoms with Crippen LogP contribution in [0.4, 0.5) is 4.39 Å². The first-order valence-electron chi connectivity index (χ1n) is 6.65. The van der Waals surface area contributed by atoms with Gasteiger partial charge in [0, 0.05) is 12.5 Å². The van der Waals surface area contributed by atoms with Gasteiger partial charge in [0.05, 0.1) is 18.1 Å². The van der Waals surface area contributed by atoms with Crippen molar-refractivity contribution in [3.8, 4) is 5.75 Å². The van der Waals surface area contributed by atoms with Crippen LogP contribution in [0, 0.1) is 5.82 Å². The van der Waals surface area contributed by atoms with Gasteiger partial charge in [-0.1, -0.05) is 16.8 Å². The van der Waals surface area contributed by atoms with Crippen LogP contribution >= 0.6 is 24.0 Å². The van der Waals surface area contributed by atoms with Gasteiger partial charge in [0.15, 0.2) is 5.82 Å². The van der Waals surface area contributed by atoms with Crippen molar-refractivity contribution in [1.29, 1.82) is 0 Å². The summed E-state index contributed by atoms with van der Waals surface area (Å²) in [5.41, 5.74) is 0. The molecule has 2 aromatic rings. The van der Waals surface area contributed by atoms with E-state index in [9.17, 15) is 4.39 Å². The maximum atomic E-state index is 12.9. The average Bonchev–Trinajstić information content (AvgIpc) is 2.88. The van der Waals surface area contributed by atoms with Crippen LogP contribution in [0.2, 0.25) is 5.02 Å². The minimum Gasteiger partial charge on any atom is -0.491 e. The minimum atomic E-state index is -0.396. The number of ether oxygens (including phenoxy) is 1. The van der Waals surface area contributed by atoms with Gasteiger partial charge in [-0.3, -0.25) is 0 Å². The van der Waals surface area contributed by atoms with Crippen molar-refractivity contribution in [1.82, 2.24) is 15.5 Å². The molecule has 8 heteroatoms. The molecule has 2 rings (SSSR count). The third kappa shape index (κ3) is 5.44. The Hall–Kier alpha value is -1.37. The Morgan fingerprint density at radius 3 is 2.91 bits per heavy atom. The Balaban J connectivity index is 0.00000242. The molecule has 0 fully saturated rings. The van der Waals surface area contributed by atoms with E-state index >= 15 is 0 Å². The number of halogens is 3. The topological polar surface area (TPSA) is 60.2 Å². The van der Waals surface area contributed by atoms with Crippen LogP contribution in [0.15, 0.2) is 22.7 Å². The van der Waals surface area contributed by atoms with Gasteiger partial charge in [0.25, 0.3) is 0 Å². The Bertz CT molecular complexity index is 595. The van der Waals surface area contributed by atoms with Crippen molar-refractivity contribution in [3.05, 3.63) is 40.8 Å². The monoisotopic (exact) mass is 349 g/mol. The van der Waals surface area contributed by atoms with Crippen molar-refractivity contribution in [3.63, 3.8) is 0 Å². The van der Waals surface area contributed by atoms with Crippen molar-refractivity contribution in [2.24, 2.45) is 0 Å². The summed E-state index contributed by atoms with van der Waals surface area (Å²) >= 11 is 5.87. The summed E-state index contributed by atoms with van der Waals surface area (Å²) in [4.78, 5) is 4.28. The van der Waals surface area contributed by atoms with Gasteiger partial charge >= 0.3 is 0 Å². The number of hydrogen-bond donors (Lipinski definition) is 1. The number of benzene rings is 1. The quantitative estimate of drug-likeness (QED) is 0.832. The number of hydrogen-bond acceptors (Lipinski definition) is 5. The normalized spacial score (nSPS) is 11.8. The minimum absolute atomic E-state index is 0. The fourth-order valence-electron chi connectivity index (χ4n) is 1.69. The fourth-order valence-corrected chi connectivity index (χ4v) is 1.91. The lowest BCUT2D eigenvalue weighted by Crippen LogP contribution is -2.24. The highest BCUT2D eigenvalue weighted by atomic mass is 35.5. The van der Waals surface area contributed by atoms with E-state index in [2.05, 4.69) is 15.5 Å². The van der Waals surface area contributed by atoms with Crippen LogP contribution in [0.25, 0.3) is 0 Å². The van der Waals surface area contributed by atoms with Gasteiger partial charge in [-0.05, 0) is 32.2 Å². The van der Waals surface area contributed by atoms with Gasteiger partial charge in [-0.25, -0.2) is 4.39 Å². The lowest BCUT2D eigenvalue weighted by atomic mass is 10.2. The molecule has 0 aliphatic heterocycles. The third-order valence-electron chi connectivity index (χ3n) is 2.96. The average molecular weight is 350 g/mol. The van der Waals surface area contributed by atoms with Gasteiger partial charge in [-0.2, -0.15) is 4.98 Å². The van der Waals surface area contributed by atoms with E-state index in [1.165, 1.54) is 18.2 Å². The van der Waals surface area contributed by atoms with E-state index in [1.54, 1.807) is 0 Å². The summed E-state index contributed by atoms with van der Waals surface area (Å²) < 4.78 is 23.5. The highest BCUT2D eigenvalue weighted by Gasteiger charge is 2.10. The molecule has 0 aliphatic carbocycles. The molecule has 0 saturated heterocycles. The highest BCUT2D eigenvalue weighted by molar-refractivity contribution is 6.32. The fraction of sp³-hybridized carbons (Fsp3) is 0.429. The molecule has 122 valence electrons. The van der Waals surface area contributed by atoms with E-state index in [0.717, 1.165) is 0 Å². The highest BCUT2D eigenvalue weighted by Crippen LogP contribution is 2.24. The second-order valence-electron chi connectivity index (χ2n) is 4.67. The summed E-state index contributed by atoms with van der Waals surface area (Å²) in [5.74, 6) is 1.20. The molecule has 0 bridgehead atoms. The third-order valence-corrected chi connectivity index (χ3v) is 3.25. The molecule has 1 aromatic heterocycles. The predicted molar refractivity (Wildman–Crippen MR) is 84.4 cm³/mol. The second kappa shape index (κ2) is 8.92. The summed E-state index contributed by atoms with van der Waals surface area (Å²) in [5, 5.41) is 7.25. The van der Waals surface area contributed by atoms with Crippen LogP contribution in [0.5, 0.6) is 5.75 Å². The maximum Gasteiger partial charge on any atom is 0.230 e. The van der Waals surface area contributed by atoms with Gasteiger partial charge in [-0.15, -0.1) is 12.4 Å². The van der Waals surface area contributed by atoms with Crippen molar-refractivity contribution < 1.29 is 13.7 Å². The lowest BCUT2D eigenvalue weighted by molar-refractivity contribution is 0.291. The molecule has 0 amide bonds. The van der Waals surface area contributed by atoms with Crippen molar-refractivity contribution in [2.75, 3.05) is 13.7 Å². The van der Waals surface area contributed by atoms with E-state index in [0.29, 0.717) is 36.9 Å². The number of nitrogens with zero attached hydrogens (tertiary/aromatic N) is 2. The smallest absolute Gasteiger partial charge is 0.230 e. The van der Waals surface area contributed by atoms with Crippen LogP contribution in [0.3, 0.4) is 0 Å². The van der Waals surface area contributed by atoms with Gasteiger partial charge in [0.2, 0.25) is 5.89 Å². The molecule has 5 nitrogen and oxygen atoms in total. The van der Waals surface area contributed by atoms with Crippen LogP contribution in [-0.4, -0.2) is 29.8 Å². The SMILES string of the molecule is CNC(C)Cc1noc(CCOc2ccc(F)cc2Cl)n1.Cl. The molecular formula is C14H18Cl2FN3O2. The number of rotatable bonds is 7. The zero-order valence-corrected chi connectivity index (χ0v) is 13.9. The van der Waals surface area contributed by atoms with Crippen molar-refractivity contribution >= 4 is 24.0 Å².